The van der Waals surface area contributed by atoms with Crippen molar-refractivity contribution in [1.82, 2.24) is 0 Å². The number of hydrogen-bond donors (Lipinski definition) is 1. The lowest BCUT2D eigenvalue weighted by Gasteiger charge is -2.06. The Morgan fingerprint density at radius 1 is 0.920 bits per heavy atom. The SMILES string of the molecule is CCCCCCOC(=O)CCc1ccc(C(=O)CCCCCN)cc1. The van der Waals surface area contributed by atoms with Crippen LogP contribution in [0.4, 0.5) is 0 Å². The molecule has 1 rings (SSSR count). The molecular formula is C21H33NO3. The van der Waals surface area contributed by atoms with E-state index in [2.05, 4.69) is 6.92 Å². The van der Waals surface area contributed by atoms with Crippen LogP contribution in [0.3, 0.4) is 0 Å². The van der Waals surface area contributed by atoms with Crippen LogP contribution in [-0.2, 0) is 16.0 Å². The highest BCUT2D eigenvalue weighted by molar-refractivity contribution is 5.96. The Labute approximate surface area is 152 Å². The van der Waals surface area contributed by atoms with Crippen LogP contribution in [0.1, 0.15) is 80.6 Å². The van der Waals surface area contributed by atoms with E-state index >= 15 is 0 Å². The second kappa shape index (κ2) is 13.6. The van der Waals surface area contributed by atoms with E-state index in [1.807, 2.05) is 24.3 Å². The summed E-state index contributed by atoms with van der Waals surface area (Å²) in [5.41, 5.74) is 7.25. The fourth-order valence-electron chi connectivity index (χ4n) is 2.64. The van der Waals surface area contributed by atoms with Crippen LogP contribution in [0, 0.1) is 0 Å². The van der Waals surface area contributed by atoms with Crippen molar-refractivity contribution >= 4 is 11.8 Å². The van der Waals surface area contributed by atoms with Crippen molar-refractivity contribution in [3.63, 3.8) is 0 Å². The van der Waals surface area contributed by atoms with Gasteiger partial charge >= 0.3 is 5.97 Å². The van der Waals surface area contributed by atoms with E-state index in [1.165, 1.54) is 12.8 Å². The number of Topliss-reactive ketones (excluding diaryl/α,β-unsaturated/α-hetero) is 1. The highest BCUT2D eigenvalue weighted by atomic mass is 16.5. The van der Waals surface area contributed by atoms with Crippen LogP contribution in [0.2, 0.25) is 0 Å². The van der Waals surface area contributed by atoms with Gasteiger partial charge in [0, 0.05) is 18.4 Å². The molecule has 0 unspecified atom stereocenters. The molecule has 140 valence electrons. The summed E-state index contributed by atoms with van der Waals surface area (Å²) < 4.78 is 5.23. The van der Waals surface area contributed by atoms with Crippen molar-refractivity contribution in [2.24, 2.45) is 5.73 Å². The Morgan fingerprint density at radius 3 is 2.32 bits per heavy atom. The molecule has 2 N–H and O–H groups in total. The van der Waals surface area contributed by atoms with Crippen LogP contribution in [0.25, 0.3) is 0 Å². The Morgan fingerprint density at radius 2 is 1.64 bits per heavy atom. The number of nitrogens with two attached hydrogens (primary N) is 1. The molecule has 0 heterocycles. The summed E-state index contributed by atoms with van der Waals surface area (Å²) in [5, 5.41) is 0. The van der Waals surface area contributed by atoms with E-state index in [9.17, 15) is 9.59 Å². The predicted octanol–water partition coefficient (Wildman–Crippen LogP) is 4.44. The van der Waals surface area contributed by atoms with Crippen LogP contribution in [0.15, 0.2) is 24.3 Å². The number of rotatable bonds is 14. The summed E-state index contributed by atoms with van der Waals surface area (Å²) in [6.07, 6.45) is 8.91. The van der Waals surface area contributed by atoms with Gasteiger partial charge in [-0.25, -0.2) is 0 Å². The molecule has 25 heavy (non-hydrogen) atoms. The fourth-order valence-corrected chi connectivity index (χ4v) is 2.64. The number of hydrogen-bond acceptors (Lipinski definition) is 4. The topological polar surface area (TPSA) is 69.4 Å². The smallest absolute Gasteiger partial charge is 0.306 e. The maximum atomic E-state index is 12.1. The van der Waals surface area contributed by atoms with Gasteiger partial charge in [-0.3, -0.25) is 9.59 Å². The first kappa shape index (κ1) is 21.4. The van der Waals surface area contributed by atoms with E-state index in [-0.39, 0.29) is 11.8 Å². The van der Waals surface area contributed by atoms with Crippen molar-refractivity contribution in [2.45, 2.75) is 71.1 Å². The standard InChI is InChI=1S/C21H33NO3/c1-2-3-4-8-17-25-21(24)15-12-18-10-13-19(14-11-18)20(23)9-6-5-7-16-22/h10-11,13-14H,2-9,12,15-17,22H2,1H3. The summed E-state index contributed by atoms with van der Waals surface area (Å²) in [6.45, 7) is 3.37. The molecule has 0 radical (unpaired) electrons. The molecular weight excluding hydrogens is 314 g/mol. The zero-order valence-corrected chi connectivity index (χ0v) is 15.6. The number of ether oxygens (including phenoxy) is 1. The van der Waals surface area contributed by atoms with Crippen LogP contribution >= 0.6 is 0 Å². The Kier molecular flexibility index (Phi) is 11.6. The summed E-state index contributed by atoms with van der Waals surface area (Å²) in [5.74, 6) is 0.0339. The number of benzene rings is 1. The third-order valence-electron chi connectivity index (χ3n) is 4.26. The Bertz CT molecular complexity index is 496. The molecule has 0 fully saturated rings. The van der Waals surface area contributed by atoms with Crippen molar-refractivity contribution in [3.05, 3.63) is 35.4 Å². The number of ketones is 1. The molecule has 0 amide bonds. The second-order valence-electron chi connectivity index (χ2n) is 6.50. The lowest BCUT2D eigenvalue weighted by Crippen LogP contribution is -2.07. The van der Waals surface area contributed by atoms with Gasteiger partial charge in [-0.05, 0) is 37.8 Å². The minimum atomic E-state index is -0.142. The molecule has 0 aliphatic carbocycles. The third kappa shape index (κ3) is 10.0. The van der Waals surface area contributed by atoms with Gasteiger partial charge < -0.3 is 10.5 Å². The van der Waals surface area contributed by atoms with Gasteiger partial charge in [0.2, 0.25) is 0 Å². The number of carbonyl (C=O) groups is 2. The molecule has 0 spiro atoms. The zero-order chi connectivity index (χ0) is 18.3. The van der Waals surface area contributed by atoms with Crippen molar-refractivity contribution in [2.75, 3.05) is 13.2 Å². The molecule has 0 aliphatic rings. The van der Waals surface area contributed by atoms with Crippen LogP contribution in [-0.4, -0.2) is 24.9 Å². The van der Waals surface area contributed by atoms with E-state index in [1.54, 1.807) is 0 Å². The molecule has 0 saturated heterocycles. The number of aryl methyl sites for hydroxylation is 1. The average Bonchev–Trinajstić information content (AvgIpc) is 2.63. The molecule has 4 heteroatoms. The Balaban J connectivity index is 2.25. The van der Waals surface area contributed by atoms with Gasteiger partial charge in [0.15, 0.2) is 5.78 Å². The normalized spacial score (nSPS) is 10.6. The minimum absolute atomic E-state index is 0.142. The summed E-state index contributed by atoms with van der Waals surface area (Å²) in [6, 6.07) is 7.58. The van der Waals surface area contributed by atoms with E-state index in [0.29, 0.717) is 32.4 Å². The Hall–Kier alpha value is -1.68. The fraction of sp³-hybridized carbons (Fsp3) is 0.619. The zero-order valence-electron chi connectivity index (χ0n) is 15.6. The van der Waals surface area contributed by atoms with Crippen LogP contribution < -0.4 is 5.73 Å². The molecule has 1 aromatic carbocycles. The molecule has 0 aromatic heterocycles. The summed E-state index contributed by atoms with van der Waals surface area (Å²) in [4.78, 5) is 23.8. The second-order valence-corrected chi connectivity index (χ2v) is 6.50. The van der Waals surface area contributed by atoms with Crippen molar-refractivity contribution in [3.8, 4) is 0 Å². The predicted molar refractivity (Wildman–Crippen MR) is 102 cm³/mol. The maximum absolute atomic E-state index is 12.1. The van der Waals surface area contributed by atoms with Gasteiger partial charge in [-0.2, -0.15) is 0 Å². The van der Waals surface area contributed by atoms with Gasteiger partial charge in [0.05, 0.1) is 6.61 Å². The van der Waals surface area contributed by atoms with Gasteiger partial charge in [-0.1, -0.05) is 56.9 Å². The van der Waals surface area contributed by atoms with Gasteiger partial charge in [0.1, 0.15) is 0 Å². The lowest BCUT2D eigenvalue weighted by molar-refractivity contribution is -0.143. The first-order valence-electron chi connectivity index (χ1n) is 9.65. The van der Waals surface area contributed by atoms with Gasteiger partial charge in [0.25, 0.3) is 0 Å². The summed E-state index contributed by atoms with van der Waals surface area (Å²) in [7, 11) is 0. The maximum Gasteiger partial charge on any atom is 0.306 e. The molecule has 0 bridgehead atoms. The monoisotopic (exact) mass is 347 g/mol. The summed E-state index contributed by atoms with van der Waals surface area (Å²) >= 11 is 0. The van der Waals surface area contributed by atoms with Crippen molar-refractivity contribution < 1.29 is 14.3 Å². The lowest BCUT2D eigenvalue weighted by atomic mass is 10.0. The molecule has 0 saturated carbocycles. The minimum Gasteiger partial charge on any atom is -0.466 e. The first-order valence-corrected chi connectivity index (χ1v) is 9.65. The van der Waals surface area contributed by atoms with E-state index in [4.69, 9.17) is 10.5 Å². The number of carbonyl (C=O) groups excluding carboxylic acids is 2. The first-order chi connectivity index (χ1) is 12.2. The average molecular weight is 347 g/mol. The largest absolute Gasteiger partial charge is 0.466 e. The third-order valence-corrected chi connectivity index (χ3v) is 4.26. The molecule has 1 aromatic rings. The highest BCUT2D eigenvalue weighted by Gasteiger charge is 2.07. The number of esters is 1. The highest BCUT2D eigenvalue weighted by Crippen LogP contribution is 2.11. The van der Waals surface area contributed by atoms with E-state index in [0.717, 1.165) is 43.2 Å². The number of unbranched alkanes of at least 4 members (excludes halogenated alkanes) is 5. The molecule has 4 nitrogen and oxygen atoms in total. The van der Waals surface area contributed by atoms with Gasteiger partial charge in [-0.15, -0.1) is 0 Å². The molecule has 0 atom stereocenters. The van der Waals surface area contributed by atoms with Crippen molar-refractivity contribution in [1.29, 1.82) is 0 Å². The quantitative estimate of drug-likeness (QED) is 0.307. The molecule has 0 aliphatic heterocycles. The van der Waals surface area contributed by atoms with Crippen LogP contribution in [0.5, 0.6) is 0 Å². The van der Waals surface area contributed by atoms with E-state index < -0.39 is 0 Å².